The molecule has 2 aromatic rings. The molecule has 160 valence electrons. The SMILES string of the molecule is Cc1cn([C@H]2CC(C(=O)O)[C@@H](CCNC(=O)OCc3ccccc3)O2)c(=O)[nH]c1=O. The van der Waals surface area contributed by atoms with Crippen molar-refractivity contribution < 1.29 is 24.2 Å². The molecular formula is C20H23N3O7. The fourth-order valence-corrected chi connectivity index (χ4v) is 3.32. The van der Waals surface area contributed by atoms with Gasteiger partial charge in [0.2, 0.25) is 0 Å². The number of aliphatic carboxylic acids is 1. The zero-order chi connectivity index (χ0) is 21.7. The number of ether oxygens (including phenoxy) is 2. The van der Waals surface area contributed by atoms with Crippen LogP contribution in [0, 0.1) is 12.8 Å². The quantitative estimate of drug-likeness (QED) is 0.614. The van der Waals surface area contributed by atoms with Crippen LogP contribution in [-0.2, 0) is 20.9 Å². The van der Waals surface area contributed by atoms with Crippen molar-refractivity contribution in [3.63, 3.8) is 0 Å². The number of carbonyl (C=O) groups excluding carboxylic acids is 1. The smallest absolute Gasteiger partial charge is 0.407 e. The number of rotatable bonds is 7. The van der Waals surface area contributed by atoms with Crippen LogP contribution in [0.15, 0.2) is 46.1 Å². The van der Waals surface area contributed by atoms with E-state index in [1.807, 2.05) is 30.3 Å². The van der Waals surface area contributed by atoms with Gasteiger partial charge in [0.25, 0.3) is 5.56 Å². The second kappa shape index (κ2) is 9.40. The number of aryl methyl sites for hydroxylation is 1. The van der Waals surface area contributed by atoms with E-state index in [0.29, 0.717) is 5.56 Å². The largest absolute Gasteiger partial charge is 0.481 e. The van der Waals surface area contributed by atoms with Gasteiger partial charge in [-0.15, -0.1) is 0 Å². The molecule has 30 heavy (non-hydrogen) atoms. The zero-order valence-corrected chi connectivity index (χ0v) is 16.4. The lowest BCUT2D eigenvalue weighted by molar-refractivity contribution is -0.143. The number of hydrogen-bond acceptors (Lipinski definition) is 6. The van der Waals surface area contributed by atoms with Gasteiger partial charge < -0.3 is 19.9 Å². The lowest BCUT2D eigenvalue weighted by Gasteiger charge is -2.17. The van der Waals surface area contributed by atoms with Crippen molar-refractivity contribution in [2.45, 2.75) is 38.7 Å². The van der Waals surface area contributed by atoms with Crippen LogP contribution >= 0.6 is 0 Å². The van der Waals surface area contributed by atoms with E-state index in [1.165, 1.54) is 10.8 Å². The summed E-state index contributed by atoms with van der Waals surface area (Å²) in [6, 6.07) is 9.20. The van der Waals surface area contributed by atoms with Crippen LogP contribution in [0.1, 0.15) is 30.2 Å². The third kappa shape index (κ3) is 5.15. The molecule has 1 aliphatic rings. The molecule has 3 N–H and O–H groups in total. The molecule has 0 saturated carbocycles. The average Bonchev–Trinajstić information content (AvgIpc) is 3.14. The van der Waals surface area contributed by atoms with Gasteiger partial charge in [-0.2, -0.15) is 0 Å². The van der Waals surface area contributed by atoms with E-state index in [4.69, 9.17) is 9.47 Å². The maximum Gasteiger partial charge on any atom is 0.407 e. The van der Waals surface area contributed by atoms with Crippen LogP contribution in [0.2, 0.25) is 0 Å². The third-order valence-corrected chi connectivity index (χ3v) is 4.92. The van der Waals surface area contributed by atoms with E-state index >= 15 is 0 Å². The Balaban J connectivity index is 1.55. The molecule has 0 aliphatic carbocycles. The third-order valence-electron chi connectivity index (χ3n) is 4.92. The molecular weight excluding hydrogens is 394 g/mol. The van der Waals surface area contributed by atoms with E-state index in [-0.39, 0.29) is 26.0 Å². The predicted molar refractivity (Wildman–Crippen MR) is 105 cm³/mol. The van der Waals surface area contributed by atoms with Gasteiger partial charge in [-0.1, -0.05) is 30.3 Å². The lowest BCUT2D eigenvalue weighted by Crippen LogP contribution is -2.33. The highest BCUT2D eigenvalue weighted by Gasteiger charge is 2.40. The number of alkyl carbamates (subject to hydrolysis) is 1. The number of carbonyl (C=O) groups is 2. The second-order valence-corrected chi connectivity index (χ2v) is 7.07. The van der Waals surface area contributed by atoms with Crippen molar-refractivity contribution >= 4 is 12.1 Å². The first-order chi connectivity index (χ1) is 14.3. The molecule has 1 amide bonds. The summed E-state index contributed by atoms with van der Waals surface area (Å²) in [6.07, 6.45) is -0.487. The van der Waals surface area contributed by atoms with Crippen LogP contribution in [-0.4, -0.2) is 39.4 Å². The van der Waals surface area contributed by atoms with Gasteiger partial charge in [-0.25, -0.2) is 9.59 Å². The van der Waals surface area contributed by atoms with Crippen molar-refractivity contribution in [1.82, 2.24) is 14.9 Å². The van der Waals surface area contributed by atoms with Crippen LogP contribution in [0.3, 0.4) is 0 Å². The van der Waals surface area contributed by atoms with Crippen molar-refractivity contribution in [3.8, 4) is 0 Å². The van der Waals surface area contributed by atoms with E-state index in [1.54, 1.807) is 6.92 Å². The maximum absolute atomic E-state index is 12.1. The van der Waals surface area contributed by atoms with E-state index in [9.17, 15) is 24.3 Å². The molecule has 2 heterocycles. The number of amides is 1. The second-order valence-electron chi connectivity index (χ2n) is 7.07. The van der Waals surface area contributed by atoms with Crippen molar-refractivity contribution in [2.24, 2.45) is 5.92 Å². The molecule has 1 unspecified atom stereocenters. The Morgan fingerprint density at radius 2 is 2.03 bits per heavy atom. The summed E-state index contributed by atoms with van der Waals surface area (Å²) in [5, 5.41) is 12.1. The summed E-state index contributed by atoms with van der Waals surface area (Å²) in [5.41, 5.74) is 0.000325. The standard InChI is InChI=1S/C20H23N3O7/c1-12-10-23(19(27)22-17(12)24)16-9-14(18(25)26)15(30-16)7-8-21-20(28)29-11-13-5-3-2-4-6-13/h2-6,10,14-16H,7-9,11H2,1H3,(H,21,28)(H,25,26)(H,22,24,27)/t14?,15-,16-/m1/s1. The summed E-state index contributed by atoms with van der Waals surface area (Å²) >= 11 is 0. The summed E-state index contributed by atoms with van der Waals surface area (Å²) in [5.74, 6) is -1.90. The number of nitrogens with one attached hydrogen (secondary N) is 2. The summed E-state index contributed by atoms with van der Waals surface area (Å²) in [6.45, 7) is 1.82. The Labute approximate surface area is 171 Å². The minimum absolute atomic E-state index is 0.0733. The highest BCUT2D eigenvalue weighted by molar-refractivity contribution is 5.71. The molecule has 1 aliphatic heterocycles. The first kappa shape index (κ1) is 21.3. The number of aromatic nitrogens is 2. The number of H-pyrrole nitrogens is 1. The highest BCUT2D eigenvalue weighted by Crippen LogP contribution is 2.34. The fourth-order valence-electron chi connectivity index (χ4n) is 3.32. The molecule has 10 nitrogen and oxygen atoms in total. The minimum atomic E-state index is -1.05. The minimum Gasteiger partial charge on any atom is -0.481 e. The summed E-state index contributed by atoms with van der Waals surface area (Å²) in [4.78, 5) is 49.2. The molecule has 1 aromatic carbocycles. The van der Waals surface area contributed by atoms with Crippen LogP contribution in [0.5, 0.6) is 0 Å². The lowest BCUT2D eigenvalue weighted by atomic mass is 9.98. The van der Waals surface area contributed by atoms with Gasteiger partial charge in [-0.05, 0) is 18.9 Å². The molecule has 0 spiro atoms. The predicted octanol–water partition coefficient (Wildman–Crippen LogP) is 1.15. The van der Waals surface area contributed by atoms with Crippen molar-refractivity contribution in [1.29, 1.82) is 0 Å². The van der Waals surface area contributed by atoms with Crippen LogP contribution < -0.4 is 16.6 Å². The number of hydrogen-bond donors (Lipinski definition) is 3. The van der Waals surface area contributed by atoms with Gasteiger partial charge in [-0.3, -0.25) is 19.1 Å². The number of carboxylic acids is 1. The average molecular weight is 417 g/mol. The van der Waals surface area contributed by atoms with E-state index < -0.39 is 41.6 Å². The molecule has 0 radical (unpaired) electrons. The normalized spacial score (nSPS) is 20.6. The first-order valence-corrected chi connectivity index (χ1v) is 9.50. The monoisotopic (exact) mass is 417 g/mol. The number of carboxylic acid groups (broad SMARTS) is 1. The van der Waals surface area contributed by atoms with Crippen LogP contribution in [0.4, 0.5) is 4.79 Å². The molecule has 3 rings (SSSR count). The van der Waals surface area contributed by atoms with Gasteiger partial charge in [0.15, 0.2) is 0 Å². The first-order valence-electron chi connectivity index (χ1n) is 9.50. The molecule has 1 saturated heterocycles. The number of aromatic amines is 1. The Hall–Kier alpha value is -3.40. The van der Waals surface area contributed by atoms with Crippen LogP contribution in [0.25, 0.3) is 0 Å². The maximum atomic E-state index is 12.1. The van der Waals surface area contributed by atoms with Gasteiger partial charge in [0.1, 0.15) is 12.8 Å². The molecule has 1 fully saturated rings. The Morgan fingerprint density at radius 1 is 1.30 bits per heavy atom. The van der Waals surface area contributed by atoms with Gasteiger partial charge in [0, 0.05) is 24.7 Å². The number of benzene rings is 1. The Bertz CT molecular complexity index is 1020. The number of nitrogens with zero attached hydrogens (tertiary/aromatic N) is 1. The molecule has 1 aromatic heterocycles. The van der Waals surface area contributed by atoms with E-state index in [2.05, 4.69) is 10.3 Å². The fraction of sp³-hybridized carbons (Fsp3) is 0.400. The molecule has 3 atom stereocenters. The summed E-state index contributed by atoms with van der Waals surface area (Å²) in [7, 11) is 0. The van der Waals surface area contributed by atoms with Gasteiger partial charge >= 0.3 is 17.8 Å². The van der Waals surface area contributed by atoms with E-state index in [0.717, 1.165) is 5.56 Å². The highest BCUT2D eigenvalue weighted by atomic mass is 16.5. The molecule has 10 heteroatoms. The Kier molecular flexibility index (Phi) is 6.68. The van der Waals surface area contributed by atoms with Crippen molar-refractivity contribution in [3.05, 3.63) is 68.5 Å². The topological polar surface area (TPSA) is 140 Å². The van der Waals surface area contributed by atoms with Gasteiger partial charge in [0.05, 0.1) is 12.0 Å². The Morgan fingerprint density at radius 3 is 2.73 bits per heavy atom. The summed E-state index contributed by atoms with van der Waals surface area (Å²) < 4.78 is 12.1. The molecule has 0 bridgehead atoms. The zero-order valence-electron chi connectivity index (χ0n) is 16.4. The van der Waals surface area contributed by atoms with Crippen molar-refractivity contribution in [2.75, 3.05) is 6.54 Å².